The van der Waals surface area contributed by atoms with Gasteiger partial charge in [-0.1, -0.05) is 23.7 Å². The minimum atomic E-state index is -0.604. The maximum atomic E-state index is 13.6. The Hall–Kier alpha value is -2.01. The molecule has 0 unspecified atom stereocenters. The highest BCUT2D eigenvalue weighted by Gasteiger charge is 2.16. The molecule has 2 aromatic rings. The van der Waals surface area contributed by atoms with Crippen molar-refractivity contribution in [2.45, 2.75) is 6.92 Å². The molecule has 0 fully saturated rings. The van der Waals surface area contributed by atoms with Gasteiger partial charge in [0.05, 0.1) is 12.2 Å². The van der Waals surface area contributed by atoms with Crippen LogP contribution in [0.1, 0.15) is 17.3 Å². The highest BCUT2D eigenvalue weighted by Crippen LogP contribution is 2.22. The van der Waals surface area contributed by atoms with Gasteiger partial charge in [0.2, 0.25) is 0 Å². The molecule has 0 saturated heterocycles. The standard InChI is InChI=1S/C13H10ClFN2O2/c1-2-19-13(18)9-7-16-12(17-11(9)14)8-5-3-4-6-10(8)15/h3-7H,2H2,1H3. The van der Waals surface area contributed by atoms with Gasteiger partial charge in [-0.3, -0.25) is 0 Å². The highest BCUT2D eigenvalue weighted by molar-refractivity contribution is 6.32. The molecule has 1 heterocycles. The van der Waals surface area contributed by atoms with Crippen LogP contribution < -0.4 is 0 Å². The number of aromatic nitrogens is 2. The second-order valence-electron chi connectivity index (χ2n) is 3.60. The summed E-state index contributed by atoms with van der Waals surface area (Å²) >= 11 is 5.89. The molecular weight excluding hydrogens is 271 g/mol. The summed E-state index contributed by atoms with van der Waals surface area (Å²) in [4.78, 5) is 19.4. The summed E-state index contributed by atoms with van der Waals surface area (Å²) in [5, 5.41) is -0.0632. The van der Waals surface area contributed by atoms with Crippen molar-refractivity contribution in [3.63, 3.8) is 0 Å². The molecule has 1 aromatic heterocycles. The Morgan fingerprint density at radius 1 is 1.42 bits per heavy atom. The molecule has 0 aliphatic rings. The molecule has 6 heteroatoms. The monoisotopic (exact) mass is 280 g/mol. The van der Waals surface area contributed by atoms with Crippen LogP contribution in [0.3, 0.4) is 0 Å². The van der Waals surface area contributed by atoms with E-state index in [9.17, 15) is 9.18 Å². The van der Waals surface area contributed by atoms with E-state index in [0.29, 0.717) is 0 Å². The van der Waals surface area contributed by atoms with Crippen molar-refractivity contribution < 1.29 is 13.9 Å². The Morgan fingerprint density at radius 2 is 2.16 bits per heavy atom. The highest BCUT2D eigenvalue weighted by atomic mass is 35.5. The van der Waals surface area contributed by atoms with Crippen LogP contribution in [0.2, 0.25) is 5.15 Å². The van der Waals surface area contributed by atoms with Gasteiger partial charge in [0.25, 0.3) is 0 Å². The molecule has 0 saturated carbocycles. The van der Waals surface area contributed by atoms with Crippen LogP contribution in [0.5, 0.6) is 0 Å². The van der Waals surface area contributed by atoms with Gasteiger partial charge in [-0.25, -0.2) is 19.2 Å². The van der Waals surface area contributed by atoms with Crippen LogP contribution in [-0.2, 0) is 4.74 Å². The van der Waals surface area contributed by atoms with E-state index in [1.54, 1.807) is 19.1 Å². The van der Waals surface area contributed by atoms with Gasteiger partial charge in [-0.05, 0) is 19.1 Å². The van der Waals surface area contributed by atoms with Crippen LogP contribution in [-0.4, -0.2) is 22.5 Å². The third-order valence-electron chi connectivity index (χ3n) is 2.35. The first-order valence-corrected chi connectivity index (χ1v) is 5.96. The Kier molecular flexibility index (Phi) is 4.06. The van der Waals surface area contributed by atoms with Gasteiger partial charge < -0.3 is 4.74 Å². The van der Waals surface area contributed by atoms with Crippen LogP contribution in [0, 0.1) is 5.82 Å². The normalized spacial score (nSPS) is 10.3. The molecule has 19 heavy (non-hydrogen) atoms. The summed E-state index contributed by atoms with van der Waals surface area (Å²) in [5.41, 5.74) is 0.281. The molecule has 0 N–H and O–H groups in total. The number of hydrogen-bond acceptors (Lipinski definition) is 4. The fourth-order valence-electron chi connectivity index (χ4n) is 1.48. The van der Waals surface area contributed by atoms with E-state index >= 15 is 0 Å². The quantitative estimate of drug-likeness (QED) is 0.640. The second-order valence-corrected chi connectivity index (χ2v) is 3.96. The van der Waals surface area contributed by atoms with E-state index in [1.807, 2.05) is 0 Å². The number of halogens is 2. The number of rotatable bonds is 3. The van der Waals surface area contributed by atoms with Crippen LogP contribution in [0.15, 0.2) is 30.5 Å². The third-order valence-corrected chi connectivity index (χ3v) is 2.64. The fourth-order valence-corrected chi connectivity index (χ4v) is 1.69. The molecule has 4 nitrogen and oxygen atoms in total. The average molecular weight is 281 g/mol. The Labute approximate surface area is 114 Å². The lowest BCUT2D eigenvalue weighted by atomic mass is 10.2. The molecule has 0 spiro atoms. The number of carbonyl (C=O) groups excluding carboxylic acids is 1. The molecule has 0 bridgehead atoms. The number of ether oxygens (including phenoxy) is 1. The molecule has 0 aliphatic carbocycles. The van der Waals surface area contributed by atoms with Crippen molar-refractivity contribution >= 4 is 17.6 Å². The zero-order valence-electron chi connectivity index (χ0n) is 10.1. The van der Waals surface area contributed by atoms with Crippen molar-refractivity contribution in [2.75, 3.05) is 6.61 Å². The zero-order valence-corrected chi connectivity index (χ0v) is 10.8. The zero-order chi connectivity index (χ0) is 13.8. The van der Waals surface area contributed by atoms with Gasteiger partial charge in [-0.15, -0.1) is 0 Å². The van der Waals surface area contributed by atoms with Crippen molar-refractivity contribution in [3.05, 3.63) is 47.0 Å². The molecule has 1 aromatic carbocycles. The Morgan fingerprint density at radius 3 is 2.79 bits per heavy atom. The van der Waals surface area contributed by atoms with Gasteiger partial charge in [0.15, 0.2) is 5.82 Å². The molecule has 98 valence electrons. The van der Waals surface area contributed by atoms with E-state index < -0.39 is 11.8 Å². The summed E-state index contributed by atoms with van der Waals surface area (Å²) in [7, 11) is 0. The first kappa shape index (κ1) is 13.4. The van der Waals surface area contributed by atoms with Crippen molar-refractivity contribution in [1.29, 1.82) is 0 Å². The van der Waals surface area contributed by atoms with Gasteiger partial charge in [0.1, 0.15) is 16.5 Å². The van der Waals surface area contributed by atoms with E-state index in [-0.39, 0.29) is 28.7 Å². The van der Waals surface area contributed by atoms with Gasteiger partial charge in [0, 0.05) is 6.20 Å². The minimum Gasteiger partial charge on any atom is -0.462 e. The Bertz CT molecular complexity index is 619. The summed E-state index contributed by atoms with van der Waals surface area (Å²) in [6.07, 6.45) is 1.23. The number of esters is 1. The summed E-state index contributed by atoms with van der Waals surface area (Å²) in [5.74, 6) is -0.939. The van der Waals surface area contributed by atoms with Crippen LogP contribution >= 0.6 is 11.6 Å². The lowest BCUT2D eigenvalue weighted by Gasteiger charge is -2.05. The lowest BCUT2D eigenvalue weighted by Crippen LogP contribution is -2.07. The molecular formula is C13H10ClFN2O2. The Balaban J connectivity index is 2.39. The summed E-state index contributed by atoms with van der Waals surface area (Å²) in [6.45, 7) is 1.91. The molecule has 0 radical (unpaired) electrons. The van der Waals surface area contributed by atoms with E-state index in [2.05, 4.69) is 9.97 Å². The van der Waals surface area contributed by atoms with Gasteiger partial charge in [-0.2, -0.15) is 0 Å². The fraction of sp³-hybridized carbons (Fsp3) is 0.154. The first-order valence-electron chi connectivity index (χ1n) is 5.58. The van der Waals surface area contributed by atoms with Crippen molar-refractivity contribution in [3.8, 4) is 11.4 Å². The topological polar surface area (TPSA) is 52.1 Å². The molecule has 0 aliphatic heterocycles. The number of benzene rings is 1. The summed E-state index contributed by atoms with van der Waals surface area (Å²) in [6, 6.07) is 6.05. The lowest BCUT2D eigenvalue weighted by molar-refractivity contribution is 0.0525. The predicted octanol–water partition coefficient (Wildman–Crippen LogP) is 3.11. The van der Waals surface area contributed by atoms with Gasteiger partial charge >= 0.3 is 5.97 Å². The van der Waals surface area contributed by atoms with E-state index in [4.69, 9.17) is 16.3 Å². The largest absolute Gasteiger partial charge is 0.462 e. The molecule has 0 atom stereocenters. The van der Waals surface area contributed by atoms with Crippen molar-refractivity contribution in [2.24, 2.45) is 0 Å². The number of carbonyl (C=O) groups is 1. The molecule has 2 rings (SSSR count). The predicted molar refractivity (Wildman–Crippen MR) is 68.4 cm³/mol. The average Bonchev–Trinajstić information content (AvgIpc) is 2.39. The maximum Gasteiger partial charge on any atom is 0.342 e. The number of nitrogens with zero attached hydrogens (tertiary/aromatic N) is 2. The van der Waals surface area contributed by atoms with Crippen LogP contribution in [0.25, 0.3) is 11.4 Å². The molecule has 0 amide bonds. The SMILES string of the molecule is CCOC(=O)c1cnc(-c2ccccc2F)nc1Cl. The smallest absolute Gasteiger partial charge is 0.342 e. The second kappa shape index (κ2) is 5.75. The van der Waals surface area contributed by atoms with E-state index in [0.717, 1.165) is 0 Å². The maximum absolute atomic E-state index is 13.6. The van der Waals surface area contributed by atoms with Crippen LogP contribution in [0.4, 0.5) is 4.39 Å². The van der Waals surface area contributed by atoms with Crippen molar-refractivity contribution in [1.82, 2.24) is 9.97 Å². The third kappa shape index (κ3) is 2.88. The number of hydrogen-bond donors (Lipinski definition) is 0. The first-order chi connectivity index (χ1) is 9.13. The minimum absolute atomic E-state index is 0.0589. The van der Waals surface area contributed by atoms with E-state index in [1.165, 1.54) is 18.3 Å². The summed E-state index contributed by atoms with van der Waals surface area (Å²) < 4.78 is 18.4.